The van der Waals surface area contributed by atoms with Gasteiger partial charge < -0.3 is 118 Å². The fourth-order valence-electron chi connectivity index (χ4n) is 10.8. The molecule has 0 unspecified atom stereocenters. The zero-order valence-electron chi connectivity index (χ0n) is 59.4. The molecule has 2 saturated heterocycles. The summed E-state index contributed by atoms with van der Waals surface area (Å²) >= 11 is 0. The highest BCUT2D eigenvalue weighted by Gasteiger charge is 2.52. The normalized spacial score (nSPS) is 20.0. The van der Waals surface area contributed by atoms with Crippen molar-refractivity contribution in [3.05, 3.63) is 29.8 Å². The van der Waals surface area contributed by atoms with Gasteiger partial charge in [-0.25, -0.2) is 0 Å². The number of primary amides is 1. The highest BCUT2D eigenvalue weighted by molar-refractivity contribution is 5.99. The number of rotatable bonds is 39. The average molecular weight is 1470 g/mol. The highest BCUT2D eigenvalue weighted by atomic mass is 16.7. The Hall–Kier alpha value is -9.70. The van der Waals surface area contributed by atoms with Gasteiger partial charge in [-0.1, -0.05) is 53.7 Å². The van der Waals surface area contributed by atoms with Gasteiger partial charge in [0.25, 0.3) is 0 Å². The molecule has 39 heteroatoms. The fraction of sp³-hybridized carbons (Fsp3) is 0.656. The van der Waals surface area contributed by atoms with Gasteiger partial charge in [-0.3, -0.25) is 76.7 Å². The Kier molecular flexibility index (Phi) is 35.7. The molecule has 39 nitrogen and oxygen atoms in total. The molecule has 0 aliphatic carbocycles. The number of aliphatic hydroxyl groups is 4. The van der Waals surface area contributed by atoms with E-state index in [9.17, 15) is 102 Å². The Balaban J connectivity index is 2.01. The largest absolute Gasteiger partial charge is 0.508 e. The third kappa shape index (κ3) is 27.9. The lowest BCUT2D eigenvalue weighted by Gasteiger charge is -2.45. The number of aromatic hydroxyl groups is 1. The highest BCUT2D eigenvalue weighted by Crippen LogP contribution is 2.29. The van der Waals surface area contributed by atoms with E-state index < -0.39 is 243 Å². The maximum atomic E-state index is 14.7. The lowest BCUT2D eigenvalue weighted by Crippen LogP contribution is -2.67. The molecular weight excluding hydrogens is 1370 g/mol. The molecule has 0 radical (unpaired) electrons. The van der Waals surface area contributed by atoms with Gasteiger partial charge in [0, 0.05) is 47.6 Å². The number of carbonyl (C=O) groups is 16. The third-order valence-corrected chi connectivity index (χ3v) is 15.9. The monoisotopic (exact) mass is 1470 g/mol. The van der Waals surface area contributed by atoms with Crippen LogP contribution in [0.25, 0.3) is 0 Å². The molecule has 18 N–H and O–H groups in total. The predicted octanol–water partition coefficient (Wildman–Crippen LogP) is -7.70. The molecule has 16 atom stereocenters. The van der Waals surface area contributed by atoms with E-state index in [-0.39, 0.29) is 43.9 Å². The summed E-state index contributed by atoms with van der Waals surface area (Å²) in [5.74, 6) is -17.8. The molecule has 2 aliphatic rings. The number of likely N-dealkylation sites (tertiary alicyclic amines) is 1. The summed E-state index contributed by atoms with van der Waals surface area (Å²) in [7, 11) is 0. The van der Waals surface area contributed by atoms with Crippen LogP contribution in [0, 0.1) is 17.8 Å². The summed E-state index contributed by atoms with van der Waals surface area (Å²) in [6, 6.07) is -13.8. The van der Waals surface area contributed by atoms with E-state index in [1.165, 1.54) is 45.0 Å². The number of aliphatic hydroxyl groups excluding tert-OH is 4. The van der Waals surface area contributed by atoms with Crippen molar-refractivity contribution < 1.29 is 126 Å². The Morgan fingerprint density at radius 2 is 0.990 bits per heavy atom. The van der Waals surface area contributed by atoms with Crippen molar-refractivity contribution in [2.45, 2.75) is 206 Å². The summed E-state index contributed by atoms with van der Waals surface area (Å²) in [5.41, 5.74) is 5.92. The number of ether oxygens (including phenoxy) is 5. The standard InChI is InChI=1S/C64H99N13O26/c1-28(2)20-39(54(89)71-44(25-81)59(94)75-48(29(3)4)53(65)88)69-57(92)42(23-79)72-58(93)43(24-80)73-60(95)45(26-100-64-50(68-33(9)83)52(102-36(12)86)51(101-35(11)85)47(103-64)27-99-34(10)84)74-62(97)49(30(5)6)76-61(96)46-14-13-19-77(46)63(98)31(7)66-56(91)41(22-78)70-55(90)40(67-32(8)82)21-37-15-17-38(87)18-16-37/h15-18,28-31,39-52,64,78-81,87H,13-14,19-27H2,1-12H3,(H2,65,88)(H,66,91)(H,67,82)(H,68,83)(H,69,92)(H,70,90)(H,71,89)(H,72,93)(H,73,95)(H,74,97)(H,75,94)(H,76,96)/t31-,39-,40-,41-,42-,43-,44-,45-,46-,47+,48-,49-,50+,51+,52+,64+/m0/s1. The van der Waals surface area contributed by atoms with Crippen LogP contribution < -0.4 is 64.2 Å². The second-order valence-electron chi connectivity index (χ2n) is 25.7. The van der Waals surface area contributed by atoms with Gasteiger partial charge in [-0.2, -0.15) is 0 Å². The van der Waals surface area contributed by atoms with Crippen LogP contribution in [0.1, 0.15) is 108 Å². The summed E-state index contributed by atoms with van der Waals surface area (Å²) in [6.07, 6.45) is -6.80. The summed E-state index contributed by atoms with van der Waals surface area (Å²) < 4.78 is 28.3. The molecule has 2 heterocycles. The maximum Gasteiger partial charge on any atom is 0.303 e. The van der Waals surface area contributed by atoms with Crippen molar-refractivity contribution in [2.24, 2.45) is 23.5 Å². The molecule has 0 aromatic heterocycles. The first kappa shape index (κ1) is 87.5. The summed E-state index contributed by atoms with van der Waals surface area (Å²) in [5, 5.41) is 77.0. The molecule has 2 fully saturated rings. The molecule has 0 spiro atoms. The van der Waals surface area contributed by atoms with Crippen molar-refractivity contribution in [1.29, 1.82) is 0 Å². The van der Waals surface area contributed by atoms with Crippen molar-refractivity contribution in [3.63, 3.8) is 0 Å². The summed E-state index contributed by atoms with van der Waals surface area (Å²) in [4.78, 5) is 215. The molecule has 0 bridgehead atoms. The first-order valence-electron chi connectivity index (χ1n) is 33.1. The third-order valence-electron chi connectivity index (χ3n) is 15.9. The number of nitrogens with one attached hydrogen (secondary N) is 11. The smallest absolute Gasteiger partial charge is 0.303 e. The van der Waals surface area contributed by atoms with Crippen LogP contribution in [-0.4, -0.2) is 268 Å². The molecule has 103 heavy (non-hydrogen) atoms. The van der Waals surface area contributed by atoms with Gasteiger partial charge in [0.15, 0.2) is 18.5 Å². The van der Waals surface area contributed by atoms with Gasteiger partial charge in [-0.15, -0.1) is 0 Å². The van der Waals surface area contributed by atoms with Gasteiger partial charge in [-0.05, 0) is 61.6 Å². The fourth-order valence-corrected chi connectivity index (χ4v) is 10.8. The van der Waals surface area contributed by atoms with Gasteiger partial charge >= 0.3 is 17.9 Å². The van der Waals surface area contributed by atoms with Crippen LogP contribution in [-0.2, 0) is 107 Å². The SMILES string of the molecule is CC(=O)N[C@H]1[C@H](OC[C@H](NC(=O)[C@@H](NC(=O)[C@@H]2CCCN2C(=O)[C@H](C)NC(=O)[C@H](CO)NC(=O)[C@H](Cc2ccc(O)cc2)NC(C)=O)C(C)C)C(=O)N[C@@H](CO)C(=O)N[C@@H](CO)C(=O)N[C@@H](CC(C)C)C(=O)N[C@@H](CO)C(=O)N[C@H](C(N)=O)C(C)C)O[C@H](COC(C)=O)[C@@H](OC(C)=O)[C@@H]1OC(C)=O. The lowest BCUT2D eigenvalue weighted by molar-refractivity contribution is -0.278. The van der Waals surface area contributed by atoms with Crippen LogP contribution in [0.5, 0.6) is 5.75 Å². The molecule has 13 amide bonds. The van der Waals surface area contributed by atoms with E-state index >= 15 is 0 Å². The molecule has 1 aromatic carbocycles. The lowest BCUT2D eigenvalue weighted by atomic mass is 9.96. The zero-order chi connectivity index (χ0) is 77.9. The van der Waals surface area contributed by atoms with E-state index in [1.807, 2.05) is 0 Å². The van der Waals surface area contributed by atoms with Crippen LogP contribution in [0.15, 0.2) is 24.3 Å². The molecule has 0 saturated carbocycles. The molecule has 2 aliphatic heterocycles. The van der Waals surface area contributed by atoms with Gasteiger partial charge in [0.1, 0.15) is 91.0 Å². The van der Waals surface area contributed by atoms with E-state index in [0.29, 0.717) is 5.56 Å². The number of amides is 13. The average Bonchev–Trinajstić information content (AvgIpc) is 1.03. The Bertz CT molecular complexity index is 3180. The number of hydrogen-bond acceptors (Lipinski definition) is 26. The minimum atomic E-state index is -2.10. The van der Waals surface area contributed by atoms with Crippen molar-refractivity contribution in [2.75, 3.05) is 46.2 Å². The molecule has 576 valence electrons. The minimum Gasteiger partial charge on any atom is -0.508 e. The Morgan fingerprint density at radius 3 is 1.45 bits per heavy atom. The summed E-state index contributed by atoms with van der Waals surface area (Å²) in [6.45, 7) is 9.52. The van der Waals surface area contributed by atoms with Crippen molar-refractivity contribution in [3.8, 4) is 5.75 Å². The predicted molar refractivity (Wildman–Crippen MR) is 354 cm³/mol. The number of carbonyl (C=O) groups excluding carboxylic acids is 16. The van der Waals surface area contributed by atoms with Crippen molar-refractivity contribution >= 4 is 94.7 Å². The van der Waals surface area contributed by atoms with Crippen LogP contribution in [0.2, 0.25) is 0 Å². The van der Waals surface area contributed by atoms with Crippen LogP contribution >= 0.6 is 0 Å². The Morgan fingerprint density at radius 1 is 0.534 bits per heavy atom. The molecular formula is C64H99N13O26. The van der Waals surface area contributed by atoms with Crippen molar-refractivity contribution in [1.82, 2.24) is 63.4 Å². The second-order valence-corrected chi connectivity index (χ2v) is 25.7. The zero-order valence-corrected chi connectivity index (χ0v) is 59.4. The van der Waals surface area contributed by atoms with E-state index in [4.69, 9.17) is 29.4 Å². The first-order valence-corrected chi connectivity index (χ1v) is 33.1. The number of nitrogens with zero attached hydrogens (tertiary/aromatic N) is 1. The van der Waals surface area contributed by atoms with E-state index in [1.54, 1.807) is 27.7 Å². The van der Waals surface area contributed by atoms with E-state index in [2.05, 4.69) is 58.5 Å². The quantitative estimate of drug-likeness (QED) is 0.0215. The van der Waals surface area contributed by atoms with Gasteiger partial charge in [0.2, 0.25) is 76.8 Å². The topological polar surface area (TPSA) is 582 Å². The number of phenols is 1. The Labute approximate surface area is 593 Å². The number of esters is 3. The number of nitrogens with two attached hydrogens (primary N) is 1. The van der Waals surface area contributed by atoms with Crippen LogP contribution in [0.4, 0.5) is 0 Å². The van der Waals surface area contributed by atoms with Gasteiger partial charge in [0.05, 0.1) is 33.0 Å². The molecule has 1 aromatic rings. The number of phenolic OH excluding ortho intramolecular Hbond substituents is 1. The van der Waals surface area contributed by atoms with E-state index in [0.717, 1.165) is 39.5 Å². The first-order chi connectivity index (χ1) is 48.3. The number of hydrogen-bond donors (Lipinski definition) is 17. The second kappa shape index (κ2) is 42.0. The van der Waals surface area contributed by atoms with Crippen LogP contribution in [0.3, 0.4) is 0 Å². The minimum absolute atomic E-state index is 0.00852. The number of benzene rings is 1. The molecule has 3 rings (SSSR count). The maximum absolute atomic E-state index is 14.7.